The molecule has 29 heavy (non-hydrogen) atoms. The molecule has 6 nitrogen and oxygen atoms in total. The minimum absolute atomic E-state index is 0.0805. The van der Waals surface area contributed by atoms with Crippen LogP contribution in [0.15, 0.2) is 54.6 Å². The lowest BCUT2D eigenvalue weighted by Gasteiger charge is -2.28. The fourth-order valence-corrected chi connectivity index (χ4v) is 3.76. The van der Waals surface area contributed by atoms with Gasteiger partial charge >= 0.3 is 0 Å². The molecule has 0 radical (unpaired) electrons. The number of likely N-dealkylation sites (N-methyl/N-ethyl adjacent to an activating group) is 1. The summed E-state index contributed by atoms with van der Waals surface area (Å²) in [4.78, 5) is 25.8. The number of hydrogen-bond acceptors (Lipinski definition) is 4. The lowest BCUT2D eigenvalue weighted by Crippen LogP contribution is -2.33. The van der Waals surface area contributed by atoms with E-state index in [0.29, 0.717) is 32.6 Å². The van der Waals surface area contributed by atoms with Crippen molar-refractivity contribution >= 4 is 23.6 Å². The first-order chi connectivity index (χ1) is 14.1. The number of carbonyl (C=O) groups is 2. The van der Waals surface area contributed by atoms with Crippen molar-refractivity contribution < 1.29 is 19.1 Å². The summed E-state index contributed by atoms with van der Waals surface area (Å²) in [5.41, 5.74) is 3.75. The van der Waals surface area contributed by atoms with Gasteiger partial charge in [-0.3, -0.25) is 9.59 Å². The van der Waals surface area contributed by atoms with Crippen LogP contribution in [0.3, 0.4) is 0 Å². The number of nitrogens with zero attached hydrogens (tertiary/aromatic N) is 1. The highest BCUT2D eigenvalue weighted by Crippen LogP contribution is 2.38. The zero-order chi connectivity index (χ0) is 20.3. The smallest absolute Gasteiger partial charge is 0.244 e. The Balaban J connectivity index is 1.41. The van der Waals surface area contributed by atoms with Gasteiger partial charge in [0.25, 0.3) is 0 Å². The number of rotatable bonds is 6. The highest BCUT2D eigenvalue weighted by Gasteiger charge is 2.39. The van der Waals surface area contributed by atoms with Crippen LogP contribution >= 0.6 is 0 Å². The predicted octanol–water partition coefficient (Wildman–Crippen LogP) is 2.62. The molecule has 2 aliphatic heterocycles. The van der Waals surface area contributed by atoms with Crippen LogP contribution in [0.4, 0.5) is 5.69 Å². The first-order valence-corrected chi connectivity index (χ1v) is 9.76. The molecule has 2 aliphatic rings. The molecule has 0 bridgehead atoms. The van der Waals surface area contributed by atoms with Crippen LogP contribution in [0.2, 0.25) is 0 Å². The average Bonchev–Trinajstić information content (AvgIpc) is 3.32. The molecule has 0 aromatic heterocycles. The molecule has 1 fully saturated rings. The van der Waals surface area contributed by atoms with Gasteiger partial charge in [0.15, 0.2) is 5.79 Å². The summed E-state index contributed by atoms with van der Waals surface area (Å²) in [7, 11) is 1.78. The normalized spacial score (nSPS) is 17.7. The van der Waals surface area contributed by atoms with Crippen LogP contribution in [0.1, 0.15) is 23.1 Å². The van der Waals surface area contributed by atoms with Crippen LogP contribution < -0.4 is 10.2 Å². The van der Waals surface area contributed by atoms with E-state index in [4.69, 9.17) is 9.47 Å². The second-order valence-electron chi connectivity index (χ2n) is 7.21. The second kappa shape index (κ2) is 8.19. The number of fused-ring (bicyclic) bond motifs is 1. The van der Waals surface area contributed by atoms with Gasteiger partial charge in [-0.2, -0.15) is 0 Å². The van der Waals surface area contributed by atoms with E-state index < -0.39 is 5.79 Å². The van der Waals surface area contributed by atoms with Crippen molar-refractivity contribution in [2.24, 2.45) is 0 Å². The van der Waals surface area contributed by atoms with Gasteiger partial charge in [-0.1, -0.05) is 36.4 Å². The van der Waals surface area contributed by atoms with Crippen molar-refractivity contribution in [1.82, 2.24) is 5.32 Å². The molecule has 0 spiro atoms. The third kappa shape index (κ3) is 4.09. The van der Waals surface area contributed by atoms with Gasteiger partial charge in [0.05, 0.1) is 19.6 Å². The standard InChI is InChI=1S/C23H24N2O4/c1-25-20-9-8-19(15-18(20)16-22(25)27)23(28-13-14-29-23)11-12-24-21(26)10-7-17-5-3-2-4-6-17/h2-10,15H,11-14,16H2,1H3,(H,24,26)/b10-7+. The van der Waals surface area contributed by atoms with Crippen LogP contribution in [-0.4, -0.2) is 38.6 Å². The molecule has 0 aliphatic carbocycles. The zero-order valence-corrected chi connectivity index (χ0v) is 16.4. The van der Waals surface area contributed by atoms with E-state index in [-0.39, 0.29) is 11.8 Å². The van der Waals surface area contributed by atoms with E-state index in [1.54, 1.807) is 18.0 Å². The quantitative estimate of drug-likeness (QED) is 0.768. The maximum absolute atomic E-state index is 12.1. The molecule has 150 valence electrons. The van der Waals surface area contributed by atoms with Crippen molar-refractivity contribution in [3.63, 3.8) is 0 Å². The third-order valence-electron chi connectivity index (χ3n) is 5.33. The number of ether oxygens (including phenoxy) is 2. The van der Waals surface area contributed by atoms with Crippen LogP contribution in [0.5, 0.6) is 0 Å². The van der Waals surface area contributed by atoms with Gasteiger partial charge in [-0.05, 0) is 29.3 Å². The van der Waals surface area contributed by atoms with E-state index in [1.807, 2.05) is 48.5 Å². The van der Waals surface area contributed by atoms with E-state index in [1.165, 1.54) is 6.08 Å². The highest BCUT2D eigenvalue weighted by molar-refractivity contribution is 6.01. The summed E-state index contributed by atoms with van der Waals surface area (Å²) in [5.74, 6) is -0.976. The summed E-state index contributed by atoms with van der Waals surface area (Å²) in [6.45, 7) is 1.41. The fourth-order valence-electron chi connectivity index (χ4n) is 3.76. The SMILES string of the molecule is CN1C(=O)Cc2cc(C3(CCNC(=O)/C=C/c4ccccc4)OCCO3)ccc21. The Kier molecular flexibility index (Phi) is 5.47. The lowest BCUT2D eigenvalue weighted by molar-refractivity contribution is -0.170. The first-order valence-electron chi connectivity index (χ1n) is 9.76. The molecule has 0 saturated carbocycles. The van der Waals surface area contributed by atoms with E-state index in [2.05, 4.69) is 5.32 Å². The number of benzene rings is 2. The van der Waals surface area contributed by atoms with Gasteiger partial charge in [-0.25, -0.2) is 0 Å². The maximum atomic E-state index is 12.1. The van der Waals surface area contributed by atoms with Gasteiger partial charge in [-0.15, -0.1) is 0 Å². The summed E-state index contributed by atoms with van der Waals surface area (Å²) < 4.78 is 11.9. The number of anilines is 1. The zero-order valence-electron chi connectivity index (χ0n) is 16.4. The Morgan fingerprint density at radius 3 is 2.69 bits per heavy atom. The molecule has 2 heterocycles. The Morgan fingerprint density at radius 1 is 1.17 bits per heavy atom. The van der Waals surface area contributed by atoms with Crippen molar-refractivity contribution in [3.8, 4) is 0 Å². The molecule has 1 saturated heterocycles. The molecule has 2 aromatic carbocycles. The maximum Gasteiger partial charge on any atom is 0.244 e. The second-order valence-corrected chi connectivity index (χ2v) is 7.21. The van der Waals surface area contributed by atoms with Gasteiger partial charge in [0.2, 0.25) is 11.8 Å². The minimum atomic E-state index is -0.893. The molecular formula is C23H24N2O4. The predicted molar refractivity (Wildman–Crippen MR) is 110 cm³/mol. The Hall–Kier alpha value is -2.96. The van der Waals surface area contributed by atoms with Crippen molar-refractivity contribution in [1.29, 1.82) is 0 Å². The molecular weight excluding hydrogens is 368 g/mol. The Morgan fingerprint density at radius 2 is 1.93 bits per heavy atom. The number of carbonyl (C=O) groups excluding carboxylic acids is 2. The minimum Gasteiger partial charge on any atom is -0.352 e. The van der Waals surface area contributed by atoms with Crippen LogP contribution in [0, 0.1) is 0 Å². The van der Waals surface area contributed by atoms with Crippen LogP contribution in [-0.2, 0) is 31.3 Å². The van der Waals surface area contributed by atoms with Gasteiger partial charge in [0.1, 0.15) is 0 Å². The Bertz CT molecular complexity index is 933. The average molecular weight is 392 g/mol. The molecule has 2 aromatic rings. The number of amides is 2. The molecule has 0 atom stereocenters. The molecule has 0 unspecified atom stereocenters. The number of hydrogen-bond donors (Lipinski definition) is 1. The summed E-state index contributed by atoms with van der Waals surface area (Å²) in [5, 5.41) is 2.89. The topological polar surface area (TPSA) is 67.9 Å². The highest BCUT2D eigenvalue weighted by atomic mass is 16.7. The first kappa shape index (κ1) is 19.4. The monoisotopic (exact) mass is 392 g/mol. The third-order valence-corrected chi connectivity index (χ3v) is 5.33. The van der Waals surface area contributed by atoms with Crippen molar-refractivity contribution in [2.75, 3.05) is 31.7 Å². The summed E-state index contributed by atoms with van der Waals surface area (Å²) >= 11 is 0. The van der Waals surface area contributed by atoms with Gasteiger partial charge < -0.3 is 19.7 Å². The fraction of sp³-hybridized carbons (Fsp3) is 0.304. The molecule has 6 heteroatoms. The van der Waals surface area contributed by atoms with Crippen molar-refractivity contribution in [2.45, 2.75) is 18.6 Å². The van der Waals surface area contributed by atoms with E-state index in [9.17, 15) is 9.59 Å². The summed E-state index contributed by atoms with van der Waals surface area (Å²) in [6, 6.07) is 15.5. The summed E-state index contributed by atoms with van der Waals surface area (Å²) in [6.07, 6.45) is 4.17. The van der Waals surface area contributed by atoms with Gasteiger partial charge in [0, 0.05) is 37.3 Å². The van der Waals surface area contributed by atoms with Crippen LogP contribution in [0.25, 0.3) is 6.08 Å². The largest absolute Gasteiger partial charge is 0.352 e. The Labute approximate surface area is 170 Å². The van der Waals surface area contributed by atoms with E-state index in [0.717, 1.165) is 22.4 Å². The lowest BCUT2D eigenvalue weighted by atomic mass is 9.98. The molecule has 1 N–H and O–H groups in total. The number of nitrogens with one attached hydrogen (secondary N) is 1. The van der Waals surface area contributed by atoms with Crippen molar-refractivity contribution in [3.05, 3.63) is 71.3 Å². The molecule has 2 amide bonds. The molecule has 4 rings (SSSR count). The van der Waals surface area contributed by atoms with E-state index >= 15 is 0 Å².